The summed E-state index contributed by atoms with van der Waals surface area (Å²) >= 11 is 0. The molecule has 0 aromatic heterocycles. The Morgan fingerprint density at radius 1 is 1.14 bits per heavy atom. The third-order valence-electron chi connectivity index (χ3n) is 3.12. The summed E-state index contributed by atoms with van der Waals surface area (Å²) < 4.78 is 5.46. The summed E-state index contributed by atoms with van der Waals surface area (Å²) in [7, 11) is 0. The van der Waals surface area contributed by atoms with E-state index in [0.717, 1.165) is 0 Å². The average molecular weight is 282 g/mol. The molecule has 2 N–H and O–H groups in total. The summed E-state index contributed by atoms with van der Waals surface area (Å²) in [5.41, 5.74) is 0.703. The number of fused-ring (bicyclic) bond motifs is 1. The summed E-state index contributed by atoms with van der Waals surface area (Å²) in [6.07, 6.45) is 1.45. The lowest BCUT2D eigenvalue weighted by molar-refractivity contribution is 0.0693. The molecule has 0 bridgehead atoms. The Bertz CT molecular complexity index is 789. The molecule has 2 aromatic carbocycles. The van der Waals surface area contributed by atoms with Crippen molar-refractivity contribution in [3.05, 3.63) is 64.9 Å². The Labute approximate surface area is 119 Å². The van der Waals surface area contributed by atoms with Crippen molar-refractivity contribution in [2.75, 3.05) is 0 Å². The number of carboxylic acids is 1. The van der Waals surface area contributed by atoms with Gasteiger partial charge in [-0.05, 0) is 35.9 Å². The molecule has 0 spiro atoms. The van der Waals surface area contributed by atoms with Crippen LogP contribution in [0.5, 0.6) is 11.5 Å². The summed E-state index contributed by atoms with van der Waals surface area (Å²) in [5.74, 6) is -1.22. The van der Waals surface area contributed by atoms with Crippen LogP contribution in [0.4, 0.5) is 0 Å². The van der Waals surface area contributed by atoms with E-state index in [1.54, 1.807) is 24.3 Å². The highest BCUT2D eigenvalue weighted by Crippen LogP contribution is 2.31. The molecule has 1 aliphatic rings. The summed E-state index contributed by atoms with van der Waals surface area (Å²) in [6, 6.07) is 10.9. The number of Topliss-reactive ketones (excluding diaryl/α,β-unsaturated/α-hetero) is 1. The first-order valence-corrected chi connectivity index (χ1v) is 6.16. The van der Waals surface area contributed by atoms with Gasteiger partial charge in [0.1, 0.15) is 17.1 Å². The maximum atomic E-state index is 12.1. The Morgan fingerprint density at radius 2 is 1.90 bits per heavy atom. The highest BCUT2D eigenvalue weighted by molar-refractivity contribution is 6.14. The monoisotopic (exact) mass is 282 g/mol. The van der Waals surface area contributed by atoms with Crippen molar-refractivity contribution in [2.24, 2.45) is 0 Å². The molecule has 21 heavy (non-hydrogen) atoms. The van der Waals surface area contributed by atoms with Gasteiger partial charge in [-0.2, -0.15) is 0 Å². The zero-order valence-electron chi connectivity index (χ0n) is 10.7. The zero-order valence-corrected chi connectivity index (χ0v) is 10.7. The molecule has 1 aliphatic heterocycles. The van der Waals surface area contributed by atoms with Crippen molar-refractivity contribution in [1.82, 2.24) is 0 Å². The molecule has 0 saturated heterocycles. The number of benzene rings is 2. The Hall–Kier alpha value is -3.08. The second kappa shape index (κ2) is 4.79. The number of hydrogen-bond donors (Lipinski definition) is 2. The number of rotatable bonds is 2. The third-order valence-corrected chi connectivity index (χ3v) is 3.12. The molecular formula is C16H10O5. The number of carbonyl (C=O) groups is 2. The number of aromatic carboxylic acids is 1. The van der Waals surface area contributed by atoms with Crippen LogP contribution in [0, 0.1) is 0 Å². The van der Waals surface area contributed by atoms with Crippen LogP contribution in [0.2, 0.25) is 0 Å². The first-order chi connectivity index (χ1) is 10.1. The number of aromatic hydroxyl groups is 1. The quantitative estimate of drug-likeness (QED) is 0.827. The Balaban J connectivity index is 2.00. The van der Waals surface area contributed by atoms with Crippen LogP contribution in [-0.4, -0.2) is 22.0 Å². The highest BCUT2D eigenvalue weighted by atomic mass is 16.5. The van der Waals surface area contributed by atoms with Crippen LogP contribution in [0.15, 0.2) is 48.2 Å². The minimum atomic E-state index is -1.24. The van der Waals surface area contributed by atoms with Crippen LogP contribution < -0.4 is 4.74 Å². The molecule has 5 nitrogen and oxygen atoms in total. The van der Waals surface area contributed by atoms with Gasteiger partial charge in [0.25, 0.3) is 0 Å². The van der Waals surface area contributed by atoms with Gasteiger partial charge in [-0.15, -0.1) is 0 Å². The fourth-order valence-electron chi connectivity index (χ4n) is 2.10. The van der Waals surface area contributed by atoms with E-state index >= 15 is 0 Å². The maximum Gasteiger partial charge on any atom is 0.339 e. The number of para-hydroxylation sites is 1. The van der Waals surface area contributed by atoms with E-state index in [2.05, 4.69) is 0 Å². The molecule has 0 aliphatic carbocycles. The van der Waals surface area contributed by atoms with E-state index in [9.17, 15) is 14.7 Å². The number of allylic oxidation sites excluding steroid dienone is 1. The fraction of sp³-hybridized carbons (Fsp3) is 0. The molecule has 5 heteroatoms. The molecule has 0 saturated carbocycles. The van der Waals surface area contributed by atoms with Gasteiger partial charge in [-0.25, -0.2) is 4.79 Å². The van der Waals surface area contributed by atoms with Gasteiger partial charge in [-0.1, -0.05) is 18.2 Å². The molecule has 0 unspecified atom stereocenters. The minimum absolute atomic E-state index is 0.123. The number of ether oxygens (including phenoxy) is 1. The topological polar surface area (TPSA) is 83.8 Å². The first-order valence-electron chi connectivity index (χ1n) is 6.16. The first kappa shape index (κ1) is 12.9. The molecule has 3 rings (SSSR count). The van der Waals surface area contributed by atoms with E-state index in [1.165, 1.54) is 24.3 Å². The smallest absolute Gasteiger partial charge is 0.339 e. The molecule has 0 amide bonds. The second-order valence-corrected chi connectivity index (χ2v) is 4.52. The lowest BCUT2D eigenvalue weighted by Gasteiger charge is -2.02. The Morgan fingerprint density at radius 3 is 2.62 bits per heavy atom. The normalized spacial score (nSPS) is 14.9. The van der Waals surface area contributed by atoms with Gasteiger partial charge >= 0.3 is 5.97 Å². The van der Waals surface area contributed by atoms with Crippen molar-refractivity contribution < 1.29 is 24.5 Å². The van der Waals surface area contributed by atoms with E-state index in [4.69, 9.17) is 9.84 Å². The van der Waals surface area contributed by atoms with Crippen molar-refractivity contribution >= 4 is 17.8 Å². The maximum absolute atomic E-state index is 12.1. The van der Waals surface area contributed by atoms with Crippen molar-refractivity contribution in [3.8, 4) is 11.5 Å². The molecule has 2 aromatic rings. The van der Waals surface area contributed by atoms with Crippen molar-refractivity contribution in [2.45, 2.75) is 0 Å². The molecule has 1 heterocycles. The van der Waals surface area contributed by atoms with E-state index < -0.39 is 5.97 Å². The SMILES string of the molecule is O=C(O)c1cc(/C=C2/Oc3ccccc3C2=O)ccc1O. The average Bonchev–Trinajstić information content (AvgIpc) is 2.78. The second-order valence-electron chi connectivity index (χ2n) is 4.52. The van der Waals surface area contributed by atoms with Gasteiger partial charge in [0.15, 0.2) is 5.76 Å². The summed E-state index contributed by atoms with van der Waals surface area (Å²) in [5, 5.41) is 18.4. The summed E-state index contributed by atoms with van der Waals surface area (Å²) in [6.45, 7) is 0. The molecule has 0 atom stereocenters. The lowest BCUT2D eigenvalue weighted by atomic mass is 10.1. The molecule has 104 valence electrons. The summed E-state index contributed by atoms with van der Waals surface area (Å²) in [4.78, 5) is 23.1. The highest BCUT2D eigenvalue weighted by Gasteiger charge is 2.26. The molecule has 0 radical (unpaired) electrons. The molecule has 0 fully saturated rings. The van der Waals surface area contributed by atoms with Gasteiger partial charge in [0, 0.05) is 0 Å². The van der Waals surface area contributed by atoms with Gasteiger partial charge in [-0.3, -0.25) is 4.79 Å². The lowest BCUT2D eigenvalue weighted by Crippen LogP contribution is -2.00. The zero-order chi connectivity index (χ0) is 15.0. The van der Waals surface area contributed by atoms with Gasteiger partial charge < -0.3 is 14.9 Å². The minimum Gasteiger partial charge on any atom is -0.507 e. The fourth-order valence-corrected chi connectivity index (χ4v) is 2.10. The van der Waals surface area contributed by atoms with Crippen molar-refractivity contribution in [3.63, 3.8) is 0 Å². The Kier molecular flexibility index (Phi) is 2.95. The van der Waals surface area contributed by atoms with Crippen LogP contribution in [0.3, 0.4) is 0 Å². The molecular weight excluding hydrogens is 272 g/mol. The number of hydrogen-bond acceptors (Lipinski definition) is 4. The van der Waals surface area contributed by atoms with E-state index in [-0.39, 0.29) is 22.9 Å². The number of ketones is 1. The number of carbonyl (C=O) groups excluding carboxylic acids is 1. The van der Waals surface area contributed by atoms with Gasteiger partial charge in [0.05, 0.1) is 5.56 Å². The third kappa shape index (κ3) is 2.25. The van der Waals surface area contributed by atoms with Crippen molar-refractivity contribution in [1.29, 1.82) is 0 Å². The van der Waals surface area contributed by atoms with Crippen LogP contribution in [0.25, 0.3) is 6.08 Å². The predicted molar refractivity (Wildman–Crippen MR) is 74.4 cm³/mol. The van der Waals surface area contributed by atoms with E-state index in [1.807, 2.05) is 0 Å². The van der Waals surface area contributed by atoms with Crippen LogP contribution in [-0.2, 0) is 0 Å². The largest absolute Gasteiger partial charge is 0.507 e. The number of phenols is 1. The van der Waals surface area contributed by atoms with Gasteiger partial charge in [0.2, 0.25) is 5.78 Å². The number of carboxylic acid groups (broad SMARTS) is 1. The van der Waals surface area contributed by atoms with Crippen LogP contribution >= 0.6 is 0 Å². The van der Waals surface area contributed by atoms with E-state index in [0.29, 0.717) is 16.9 Å². The predicted octanol–water partition coefficient (Wildman–Crippen LogP) is 2.71. The van der Waals surface area contributed by atoms with Crippen LogP contribution in [0.1, 0.15) is 26.3 Å². The standard InChI is InChI=1S/C16H10O5/c17-12-6-5-9(7-11(12)16(19)20)8-14-15(18)10-3-1-2-4-13(10)21-14/h1-8,17H,(H,19,20)/b14-8+.